The average Bonchev–Trinajstić information content (AvgIpc) is 3.19. The Morgan fingerprint density at radius 2 is 1.62 bits per heavy atom. The first kappa shape index (κ1) is 28.1. The number of nitrogens with one attached hydrogen (secondary N) is 1. The molecule has 2 atom stereocenters. The molecule has 0 aliphatic heterocycles. The van der Waals surface area contributed by atoms with Crippen LogP contribution < -0.4 is 5.32 Å². The monoisotopic (exact) mass is 451 g/mol. The number of nitrogens with zero attached hydrogens (tertiary/aromatic N) is 2. The molecule has 0 saturated heterocycles. The molecule has 0 heterocycles. The van der Waals surface area contributed by atoms with Crippen molar-refractivity contribution in [3.8, 4) is 0 Å². The van der Waals surface area contributed by atoms with Crippen LogP contribution in [-0.2, 0) is 19.1 Å². The lowest BCUT2D eigenvalue weighted by Gasteiger charge is -2.41. The maximum atomic E-state index is 13.7. The standard InChI is InChI=1S/C25H45N3O4/c1-11-32-22(30)18(4)16-19(17(2)3)28(10)21(29)20(24(5,6)7)26-23(31)25(27(8)9)14-12-13-15-25/h16-17,19-20H,11-15H2,1-10H3,(H,26,31)/b18-16+/t19-,20?/m1/s1. The number of likely N-dealkylation sites (N-methyl/N-ethyl adjacent to an activating group) is 2. The molecule has 2 amide bonds. The lowest BCUT2D eigenvalue weighted by atomic mass is 9.84. The molecule has 1 saturated carbocycles. The van der Waals surface area contributed by atoms with Crippen LogP contribution in [0.5, 0.6) is 0 Å². The van der Waals surface area contributed by atoms with E-state index in [0.717, 1.165) is 25.7 Å². The van der Waals surface area contributed by atoms with Gasteiger partial charge in [-0.3, -0.25) is 14.5 Å². The Labute approximate surface area is 194 Å². The molecule has 0 aromatic heterocycles. The third-order valence-electron chi connectivity index (χ3n) is 6.59. The highest BCUT2D eigenvalue weighted by molar-refractivity contribution is 5.93. The second-order valence-electron chi connectivity index (χ2n) is 10.7. The van der Waals surface area contributed by atoms with Crippen LogP contribution in [0, 0.1) is 11.3 Å². The van der Waals surface area contributed by atoms with Crippen LogP contribution in [0.15, 0.2) is 11.6 Å². The van der Waals surface area contributed by atoms with E-state index < -0.39 is 17.0 Å². The molecule has 1 unspecified atom stereocenters. The molecule has 0 radical (unpaired) electrons. The number of rotatable bonds is 9. The Morgan fingerprint density at radius 3 is 2.03 bits per heavy atom. The van der Waals surface area contributed by atoms with Gasteiger partial charge < -0.3 is 15.0 Å². The van der Waals surface area contributed by atoms with Gasteiger partial charge in [0, 0.05) is 12.6 Å². The Bertz CT molecular complexity index is 700. The van der Waals surface area contributed by atoms with Gasteiger partial charge in [0.15, 0.2) is 0 Å². The van der Waals surface area contributed by atoms with Gasteiger partial charge in [0.1, 0.15) is 6.04 Å². The molecular formula is C25H45N3O4. The van der Waals surface area contributed by atoms with Crippen molar-refractivity contribution in [2.45, 2.75) is 91.8 Å². The predicted octanol–water partition coefficient (Wildman–Crippen LogP) is 3.38. The summed E-state index contributed by atoms with van der Waals surface area (Å²) < 4.78 is 5.10. The summed E-state index contributed by atoms with van der Waals surface area (Å²) in [4.78, 5) is 42.9. The molecule has 1 rings (SSSR count). The molecular weight excluding hydrogens is 406 g/mol. The number of amides is 2. The fraction of sp³-hybridized carbons (Fsp3) is 0.800. The van der Waals surface area contributed by atoms with Crippen LogP contribution in [0.1, 0.15) is 74.1 Å². The third-order valence-corrected chi connectivity index (χ3v) is 6.59. The number of ether oxygens (including phenoxy) is 1. The molecule has 32 heavy (non-hydrogen) atoms. The SMILES string of the molecule is CCOC(=O)/C(C)=C/[C@H](C(C)C)N(C)C(=O)C(NC(=O)C1(N(C)C)CCCC1)C(C)(C)C. The van der Waals surface area contributed by atoms with Crippen molar-refractivity contribution in [1.29, 1.82) is 0 Å². The van der Waals surface area contributed by atoms with Crippen molar-refractivity contribution in [3.05, 3.63) is 11.6 Å². The van der Waals surface area contributed by atoms with Gasteiger partial charge in [0.2, 0.25) is 11.8 Å². The second kappa shape index (κ2) is 11.3. The molecule has 1 N–H and O–H groups in total. The zero-order chi connectivity index (χ0) is 24.9. The maximum Gasteiger partial charge on any atom is 0.333 e. The molecule has 7 heteroatoms. The largest absolute Gasteiger partial charge is 0.463 e. The minimum atomic E-state index is -0.685. The lowest BCUT2D eigenvalue weighted by Crippen LogP contribution is -2.62. The van der Waals surface area contributed by atoms with E-state index in [1.807, 2.05) is 53.6 Å². The summed E-state index contributed by atoms with van der Waals surface area (Å²) in [5.74, 6) is -0.549. The summed E-state index contributed by atoms with van der Waals surface area (Å²) in [6.07, 6.45) is 5.39. The number of hydrogen-bond donors (Lipinski definition) is 1. The van der Waals surface area contributed by atoms with Crippen molar-refractivity contribution >= 4 is 17.8 Å². The summed E-state index contributed by atoms with van der Waals surface area (Å²) in [5.41, 5.74) is -0.576. The minimum absolute atomic E-state index is 0.0765. The second-order valence-corrected chi connectivity index (χ2v) is 10.7. The van der Waals surface area contributed by atoms with Crippen LogP contribution in [0.3, 0.4) is 0 Å². The first-order valence-corrected chi connectivity index (χ1v) is 11.8. The van der Waals surface area contributed by atoms with E-state index in [-0.39, 0.29) is 29.7 Å². The van der Waals surface area contributed by atoms with Gasteiger partial charge in [-0.05, 0) is 52.1 Å². The van der Waals surface area contributed by atoms with E-state index in [9.17, 15) is 14.4 Å². The molecule has 0 aromatic carbocycles. The van der Waals surface area contributed by atoms with E-state index in [1.165, 1.54) is 0 Å². The van der Waals surface area contributed by atoms with E-state index in [4.69, 9.17) is 4.74 Å². The normalized spacial score (nSPS) is 18.4. The van der Waals surface area contributed by atoms with Crippen LogP contribution in [-0.4, -0.2) is 73.0 Å². The van der Waals surface area contributed by atoms with Gasteiger partial charge in [-0.15, -0.1) is 0 Å². The van der Waals surface area contributed by atoms with Gasteiger partial charge in [-0.2, -0.15) is 0 Å². The lowest BCUT2D eigenvalue weighted by molar-refractivity contribution is -0.143. The molecule has 1 fully saturated rings. The van der Waals surface area contributed by atoms with E-state index in [1.54, 1.807) is 31.9 Å². The summed E-state index contributed by atoms with van der Waals surface area (Å²) in [6.45, 7) is 13.7. The van der Waals surface area contributed by atoms with Gasteiger partial charge in [0.05, 0.1) is 18.2 Å². The van der Waals surface area contributed by atoms with Gasteiger partial charge >= 0.3 is 5.97 Å². The van der Waals surface area contributed by atoms with E-state index in [0.29, 0.717) is 12.2 Å². The molecule has 184 valence electrons. The van der Waals surface area contributed by atoms with Crippen LogP contribution in [0.2, 0.25) is 0 Å². The zero-order valence-corrected chi connectivity index (χ0v) is 21.9. The van der Waals surface area contributed by atoms with Crippen LogP contribution in [0.4, 0.5) is 0 Å². The van der Waals surface area contributed by atoms with E-state index in [2.05, 4.69) is 5.32 Å². The van der Waals surface area contributed by atoms with Crippen molar-refractivity contribution in [2.24, 2.45) is 11.3 Å². The molecule has 0 spiro atoms. The summed E-state index contributed by atoms with van der Waals surface area (Å²) >= 11 is 0. The highest BCUT2D eigenvalue weighted by atomic mass is 16.5. The number of esters is 1. The van der Waals surface area contributed by atoms with Crippen molar-refractivity contribution < 1.29 is 19.1 Å². The van der Waals surface area contributed by atoms with Crippen LogP contribution >= 0.6 is 0 Å². The van der Waals surface area contributed by atoms with Crippen molar-refractivity contribution in [1.82, 2.24) is 15.1 Å². The average molecular weight is 452 g/mol. The topological polar surface area (TPSA) is 79.0 Å². The highest BCUT2D eigenvalue weighted by Gasteiger charge is 2.46. The molecule has 0 bridgehead atoms. The van der Waals surface area contributed by atoms with Gasteiger partial charge in [0.25, 0.3) is 0 Å². The molecule has 0 aromatic rings. The third kappa shape index (κ3) is 6.56. The Kier molecular flexibility index (Phi) is 9.94. The number of carbonyl (C=O) groups is 3. The van der Waals surface area contributed by atoms with Crippen molar-refractivity contribution in [3.63, 3.8) is 0 Å². The predicted molar refractivity (Wildman–Crippen MR) is 128 cm³/mol. The highest BCUT2D eigenvalue weighted by Crippen LogP contribution is 2.35. The van der Waals surface area contributed by atoms with Gasteiger partial charge in [-0.1, -0.05) is 53.5 Å². The number of carbonyl (C=O) groups excluding carboxylic acids is 3. The number of hydrogen-bond acceptors (Lipinski definition) is 5. The Hall–Kier alpha value is -1.89. The molecule has 7 nitrogen and oxygen atoms in total. The van der Waals surface area contributed by atoms with E-state index >= 15 is 0 Å². The summed E-state index contributed by atoms with van der Waals surface area (Å²) in [5, 5.41) is 3.11. The first-order valence-electron chi connectivity index (χ1n) is 11.8. The summed E-state index contributed by atoms with van der Waals surface area (Å²) in [7, 11) is 5.61. The Morgan fingerprint density at radius 1 is 1.09 bits per heavy atom. The smallest absolute Gasteiger partial charge is 0.333 e. The van der Waals surface area contributed by atoms with Crippen molar-refractivity contribution in [2.75, 3.05) is 27.7 Å². The minimum Gasteiger partial charge on any atom is -0.463 e. The molecule has 1 aliphatic rings. The quantitative estimate of drug-likeness (QED) is 0.429. The fourth-order valence-electron chi connectivity index (χ4n) is 4.42. The van der Waals surface area contributed by atoms with Gasteiger partial charge in [-0.25, -0.2) is 4.79 Å². The maximum absolute atomic E-state index is 13.7. The summed E-state index contributed by atoms with van der Waals surface area (Å²) in [6, 6.07) is -0.988. The fourth-order valence-corrected chi connectivity index (χ4v) is 4.42. The first-order chi connectivity index (χ1) is 14.7. The molecule has 1 aliphatic carbocycles. The zero-order valence-electron chi connectivity index (χ0n) is 21.9. The van der Waals surface area contributed by atoms with Crippen LogP contribution in [0.25, 0.3) is 0 Å². The Balaban J connectivity index is 3.21.